The normalized spacial score (nSPS) is 11.1. The van der Waals surface area contributed by atoms with Crippen molar-refractivity contribution in [2.24, 2.45) is 0 Å². The van der Waals surface area contributed by atoms with Gasteiger partial charge in [0.1, 0.15) is 0 Å². The summed E-state index contributed by atoms with van der Waals surface area (Å²) in [5.41, 5.74) is 4.12. The quantitative estimate of drug-likeness (QED) is 0.467. The summed E-state index contributed by atoms with van der Waals surface area (Å²) in [4.78, 5) is 24.9. The number of carbonyl (C=O) groups is 2. The Kier molecular flexibility index (Phi) is 7.13. The molecule has 2 amide bonds. The van der Waals surface area contributed by atoms with E-state index in [0.29, 0.717) is 34.8 Å². The molecule has 2 N–H and O–H groups in total. The van der Waals surface area contributed by atoms with Crippen LogP contribution in [0.4, 0.5) is 11.4 Å². The maximum Gasteiger partial charge on any atom is 0.255 e. The summed E-state index contributed by atoms with van der Waals surface area (Å²) < 4.78 is 0. The van der Waals surface area contributed by atoms with Gasteiger partial charge in [0, 0.05) is 28.4 Å². The van der Waals surface area contributed by atoms with E-state index in [1.54, 1.807) is 24.3 Å². The van der Waals surface area contributed by atoms with Crippen LogP contribution in [0.5, 0.6) is 0 Å². The van der Waals surface area contributed by atoms with Gasteiger partial charge in [0.2, 0.25) is 5.91 Å². The Morgan fingerprint density at radius 1 is 0.839 bits per heavy atom. The monoisotopic (exact) mass is 434 g/mol. The number of hydrogen-bond acceptors (Lipinski definition) is 2. The second-order valence-corrected chi connectivity index (χ2v) is 8.97. The summed E-state index contributed by atoms with van der Waals surface area (Å²) in [6.45, 7) is 6.41. The fourth-order valence-electron chi connectivity index (χ4n) is 3.13. The van der Waals surface area contributed by atoms with Crippen LogP contribution in [0.25, 0.3) is 0 Å². The van der Waals surface area contributed by atoms with E-state index >= 15 is 0 Å². The SMILES string of the molecule is CC(C)(C)c1ccc(C(=O)Nc2cccc(NC(=O)CCc3ccc(Cl)cc3)c2)cc1. The van der Waals surface area contributed by atoms with Gasteiger partial charge in [-0.3, -0.25) is 9.59 Å². The fraction of sp³-hybridized carbons (Fsp3) is 0.231. The number of nitrogens with one attached hydrogen (secondary N) is 2. The highest BCUT2D eigenvalue weighted by atomic mass is 35.5. The van der Waals surface area contributed by atoms with Crippen LogP contribution >= 0.6 is 11.6 Å². The van der Waals surface area contributed by atoms with Gasteiger partial charge in [0.15, 0.2) is 0 Å². The molecule has 3 aromatic rings. The average Bonchev–Trinajstić information content (AvgIpc) is 2.73. The van der Waals surface area contributed by atoms with Crippen molar-refractivity contribution in [2.45, 2.75) is 39.0 Å². The number of aryl methyl sites for hydroxylation is 1. The molecule has 0 radical (unpaired) electrons. The van der Waals surface area contributed by atoms with Crippen molar-refractivity contribution in [3.05, 3.63) is 94.5 Å². The number of hydrogen-bond donors (Lipinski definition) is 2. The van der Waals surface area contributed by atoms with Gasteiger partial charge in [-0.15, -0.1) is 0 Å². The van der Waals surface area contributed by atoms with Crippen molar-refractivity contribution < 1.29 is 9.59 Å². The van der Waals surface area contributed by atoms with Gasteiger partial charge in [0.05, 0.1) is 0 Å². The van der Waals surface area contributed by atoms with E-state index in [0.717, 1.165) is 5.56 Å². The zero-order valence-corrected chi connectivity index (χ0v) is 18.8. The summed E-state index contributed by atoms with van der Waals surface area (Å²) in [6, 6.07) is 22.2. The molecule has 0 aromatic heterocycles. The molecule has 0 bridgehead atoms. The minimum Gasteiger partial charge on any atom is -0.326 e. The zero-order valence-electron chi connectivity index (χ0n) is 18.0. The lowest BCUT2D eigenvalue weighted by Crippen LogP contribution is -2.15. The van der Waals surface area contributed by atoms with Crippen LogP contribution in [-0.4, -0.2) is 11.8 Å². The number of benzene rings is 3. The molecule has 3 rings (SSSR count). The van der Waals surface area contributed by atoms with Crippen molar-refractivity contribution >= 4 is 34.8 Å². The van der Waals surface area contributed by atoms with Crippen LogP contribution in [0.15, 0.2) is 72.8 Å². The summed E-state index contributed by atoms with van der Waals surface area (Å²) in [6.07, 6.45) is 0.988. The lowest BCUT2D eigenvalue weighted by Gasteiger charge is -2.19. The first kappa shape index (κ1) is 22.6. The van der Waals surface area contributed by atoms with Crippen LogP contribution in [0.3, 0.4) is 0 Å². The van der Waals surface area contributed by atoms with Crippen molar-refractivity contribution in [3.63, 3.8) is 0 Å². The molecule has 0 fully saturated rings. The highest BCUT2D eigenvalue weighted by molar-refractivity contribution is 6.30. The zero-order chi connectivity index (χ0) is 22.4. The van der Waals surface area contributed by atoms with E-state index < -0.39 is 0 Å². The summed E-state index contributed by atoms with van der Waals surface area (Å²) in [7, 11) is 0. The molecular formula is C26H27ClN2O2. The molecule has 0 saturated carbocycles. The molecule has 0 aliphatic carbocycles. The number of halogens is 1. The molecule has 0 atom stereocenters. The third-order valence-electron chi connectivity index (χ3n) is 4.97. The molecule has 0 saturated heterocycles. The lowest BCUT2D eigenvalue weighted by molar-refractivity contribution is -0.116. The molecule has 0 aliphatic heterocycles. The Balaban J connectivity index is 1.57. The van der Waals surface area contributed by atoms with Gasteiger partial charge in [0.25, 0.3) is 5.91 Å². The predicted octanol–water partition coefficient (Wildman–Crippen LogP) is 6.46. The number of anilines is 2. The van der Waals surface area contributed by atoms with Gasteiger partial charge in [-0.25, -0.2) is 0 Å². The smallest absolute Gasteiger partial charge is 0.255 e. The van der Waals surface area contributed by atoms with Crippen molar-refractivity contribution in [1.82, 2.24) is 0 Å². The van der Waals surface area contributed by atoms with E-state index in [4.69, 9.17) is 11.6 Å². The third-order valence-corrected chi connectivity index (χ3v) is 5.22. The number of amides is 2. The van der Waals surface area contributed by atoms with E-state index in [2.05, 4.69) is 31.4 Å². The molecule has 160 valence electrons. The first-order valence-corrected chi connectivity index (χ1v) is 10.6. The van der Waals surface area contributed by atoms with Gasteiger partial charge in [-0.05, 0) is 65.4 Å². The second-order valence-electron chi connectivity index (χ2n) is 8.54. The Bertz CT molecular complexity index is 1050. The first-order chi connectivity index (χ1) is 14.7. The van der Waals surface area contributed by atoms with Gasteiger partial charge in [-0.1, -0.05) is 62.7 Å². The second kappa shape index (κ2) is 9.80. The molecule has 4 nitrogen and oxygen atoms in total. The predicted molar refractivity (Wildman–Crippen MR) is 128 cm³/mol. The highest BCUT2D eigenvalue weighted by Crippen LogP contribution is 2.23. The van der Waals surface area contributed by atoms with E-state index in [1.165, 1.54) is 5.56 Å². The Hall–Kier alpha value is -3.11. The molecule has 0 spiro atoms. The number of carbonyl (C=O) groups excluding carboxylic acids is 2. The standard InChI is InChI=1S/C26H27ClN2O2/c1-26(2,3)20-12-10-19(11-13-20)25(31)29-23-6-4-5-22(17-23)28-24(30)16-9-18-7-14-21(27)15-8-18/h4-8,10-15,17H,9,16H2,1-3H3,(H,28,30)(H,29,31). The van der Waals surface area contributed by atoms with Gasteiger partial charge in [-0.2, -0.15) is 0 Å². The van der Waals surface area contributed by atoms with Crippen molar-refractivity contribution in [1.29, 1.82) is 0 Å². The van der Waals surface area contributed by atoms with Crippen LogP contribution in [0.1, 0.15) is 48.7 Å². The summed E-state index contributed by atoms with van der Waals surface area (Å²) in [5, 5.41) is 6.45. The minimum absolute atomic E-state index is 0.0368. The van der Waals surface area contributed by atoms with E-state index in [1.807, 2.05) is 48.5 Å². The van der Waals surface area contributed by atoms with Crippen molar-refractivity contribution in [2.75, 3.05) is 10.6 Å². The highest BCUT2D eigenvalue weighted by Gasteiger charge is 2.14. The van der Waals surface area contributed by atoms with Crippen LogP contribution in [-0.2, 0) is 16.6 Å². The van der Waals surface area contributed by atoms with Crippen LogP contribution < -0.4 is 10.6 Å². The molecule has 5 heteroatoms. The van der Waals surface area contributed by atoms with Crippen LogP contribution in [0, 0.1) is 0 Å². The molecular weight excluding hydrogens is 408 g/mol. The average molecular weight is 435 g/mol. The van der Waals surface area contributed by atoms with Gasteiger partial charge < -0.3 is 10.6 Å². The maximum atomic E-state index is 12.6. The molecule has 0 unspecified atom stereocenters. The molecule has 31 heavy (non-hydrogen) atoms. The van der Waals surface area contributed by atoms with Crippen molar-refractivity contribution in [3.8, 4) is 0 Å². The molecule has 0 aliphatic rings. The Morgan fingerprint density at radius 2 is 1.45 bits per heavy atom. The van der Waals surface area contributed by atoms with E-state index in [9.17, 15) is 9.59 Å². The fourth-order valence-corrected chi connectivity index (χ4v) is 3.26. The Morgan fingerprint density at radius 3 is 2.06 bits per heavy atom. The van der Waals surface area contributed by atoms with Gasteiger partial charge >= 0.3 is 0 Å². The summed E-state index contributed by atoms with van der Waals surface area (Å²) in [5.74, 6) is -0.275. The molecule has 0 heterocycles. The van der Waals surface area contributed by atoms with Crippen LogP contribution in [0.2, 0.25) is 5.02 Å². The summed E-state index contributed by atoms with van der Waals surface area (Å²) >= 11 is 5.89. The maximum absolute atomic E-state index is 12.6. The topological polar surface area (TPSA) is 58.2 Å². The first-order valence-electron chi connectivity index (χ1n) is 10.3. The Labute approximate surface area is 188 Å². The van der Waals surface area contributed by atoms with E-state index in [-0.39, 0.29) is 17.2 Å². The molecule has 3 aromatic carbocycles. The minimum atomic E-state index is -0.188. The third kappa shape index (κ3) is 6.69. The number of rotatable bonds is 6. The largest absolute Gasteiger partial charge is 0.326 e. The lowest BCUT2D eigenvalue weighted by atomic mass is 9.87.